The van der Waals surface area contributed by atoms with Crippen LogP contribution in [-0.4, -0.2) is 16.2 Å². The fourth-order valence-electron chi connectivity index (χ4n) is 2.14. The molecule has 0 spiro atoms. The molecular weight excluding hydrogens is 234 g/mol. The van der Waals surface area contributed by atoms with Crippen LogP contribution in [0.1, 0.15) is 25.3 Å². The fourth-order valence-corrected chi connectivity index (χ4v) is 2.14. The zero-order valence-corrected chi connectivity index (χ0v) is 10.8. The second kappa shape index (κ2) is 5.07. The maximum atomic E-state index is 4.03. The second-order valence-electron chi connectivity index (χ2n) is 4.80. The number of rotatable bonds is 4. The molecule has 0 bridgehead atoms. The van der Waals surface area contributed by atoms with Gasteiger partial charge in [0.1, 0.15) is 0 Å². The summed E-state index contributed by atoms with van der Waals surface area (Å²) in [6, 6.07) is 7.12. The van der Waals surface area contributed by atoms with E-state index in [0.717, 1.165) is 18.0 Å². The van der Waals surface area contributed by atoms with Gasteiger partial charge in [-0.3, -0.25) is 5.10 Å². The summed E-state index contributed by atoms with van der Waals surface area (Å²) in [5.41, 5.74) is 2.45. The number of hydrogen-bond donors (Lipinski definition) is 2. The zero-order valence-electron chi connectivity index (χ0n) is 9.94. The molecule has 1 aliphatic rings. The first kappa shape index (κ1) is 12.4. The Balaban J connectivity index is 0.00000108. The van der Waals surface area contributed by atoms with Crippen molar-refractivity contribution in [2.75, 3.05) is 0 Å². The lowest BCUT2D eigenvalue weighted by atomic mass is 10.1. The van der Waals surface area contributed by atoms with E-state index in [1.165, 1.54) is 23.8 Å². The van der Waals surface area contributed by atoms with Gasteiger partial charge in [0.05, 0.1) is 11.7 Å². The average Bonchev–Trinajstić information content (AvgIpc) is 3.04. The minimum Gasteiger partial charge on any atom is -0.310 e. The molecule has 0 amide bonds. The van der Waals surface area contributed by atoms with Crippen LogP contribution >= 0.6 is 12.4 Å². The molecule has 4 heteroatoms. The monoisotopic (exact) mass is 251 g/mol. The highest BCUT2D eigenvalue weighted by Crippen LogP contribution is 2.32. The molecular formula is C13H18ClN3. The van der Waals surface area contributed by atoms with Crippen molar-refractivity contribution in [3.8, 4) is 0 Å². The van der Waals surface area contributed by atoms with Crippen molar-refractivity contribution in [1.29, 1.82) is 0 Å². The largest absolute Gasteiger partial charge is 0.310 e. The van der Waals surface area contributed by atoms with Crippen LogP contribution in [0.5, 0.6) is 0 Å². The molecule has 1 fully saturated rings. The van der Waals surface area contributed by atoms with Gasteiger partial charge in [-0.15, -0.1) is 12.4 Å². The number of nitrogens with one attached hydrogen (secondary N) is 2. The highest BCUT2D eigenvalue weighted by Gasteiger charge is 2.27. The summed E-state index contributed by atoms with van der Waals surface area (Å²) < 4.78 is 0. The van der Waals surface area contributed by atoms with Crippen LogP contribution in [0.3, 0.4) is 0 Å². The number of benzene rings is 1. The maximum Gasteiger partial charge on any atom is 0.0653 e. The van der Waals surface area contributed by atoms with Crippen molar-refractivity contribution in [1.82, 2.24) is 15.5 Å². The van der Waals surface area contributed by atoms with Gasteiger partial charge in [-0.05, 0) is 37.3 Å². The molecule has 1 aliphatic carbocycles. The Morgan fingerprint density at radius 1 is 1.47 bits per heavy atom. The van der Waals surface area contributed by atoms with Crippen molar-refractivity contribution in [3.05, 3.63) is 30.0 Å². The van der Waals surface area contributed by atoms with Gasteiger partial charge in [0.15, 0.2) is 0 Å². The maximum absolute atomic E-state index is 4.03. The number of H-pyrrole nitrogens is 1. The Labute approximate surface area is 107 Å². The first-order chi connectivity index (χ1) is 7.83. The van der Waals surface area contributed by atoms with E-state index < -0.39 is 0 Å². The van der Waals surface area contributed by atoms with E-state index in [0.29, 0.717) is 6.04 Å². The third kappa shape index (κ3) is 2.79. The molecule has 17 heavy (non-hydrogen) atoms. The summed E-state index contributed by atoms with van der Waals surface area (Å²) in [4.78, 5) is 0. The van der Waals surface area contributed by atoms with Gasteiger partial charge in [-0.1, -0.05) is 12.1 Å². The Morgan fingerprint density at radius 3 is 3.06 bits per heavy atom. The van der Waals surface area contributed by atoms with Gasteiger partial charge in [0.2, 0.25) is 0 Å². The molecule has 1 atom stereocenters. The van der Waals surface area contributed by atoms with Crippen LogP contribution in [0.25, 0.3) is 10.9 Å². The molecule has 1 aromatic carbocycles. The van der Waals surface area contributed by atoms with Crippen LogP contribution < -0.4 is 5.32 Å². The van der Waals surface area contributed by atoms with Gasteiger partial charge in [-0.25, -0.2) is 0 Å². The number of hydrogen-bond acceptors (Lipinski definition) is 2. The fraction of sp³-hybridized carbons (Fsp3) is 0.462. The van der Waals surface area contributed by atoms with Gasteiger partial charge >= 0.3 is 0 Å². The lowest BCUT2D eigenvalue weighted by Crippen LogP contribution is -2.27. The second-order valence-corrected chi connectivity index (χ2v) is 4.80. The van der Waals surface area contributed by atoms with E-state index in [-0.39, 0.29) is 12.4 Å². The standard InChI is InChI=1S/C13H17N3.ClH/c1-9(11-4-5-11)14-7-10-2-3-12-8-15-16-13(12)6-10;/h2-3,6,8-9,11,14H,4-5,7H2,1H3,(H,15,16);1H. The molecule has 92 valence electrons. The molecule has 0 radical (unpaired) electrons. The molecule has 3 rings (SSSR count). The van der Waals surface area contributed by atoms with Crippen LogP contribution in [0.15, 0.2) is 24.4 Å². The third-order valence-electron chi connectivity index (χ3n) is 3.46. The normalized spacial score (nSPS) is 16.8. The van der Waals surface area contributed by atoms with E-state index in [1.54, 1.807) is 0 Å². The highest BCUT2D eigenvalue weighted by atomic mass is 35.5. The molecule has 2 N–H and O–H groups in total. The summed E-state index contributed by atoms with van der Waals surface area (Å²) in [5, 5.41) is 11.8. The average molecular weight is 252 g/mol. The molecule has 2 aromatic rings. The predicted octanol–water partition coefficient (Wildman–Crippen LogP) is 2.87. The van der Waals surface area contributed by atoms with Crippen LogP contribution in [-0.2, 0) is 6.54 Å². The van der Waals surface area contributed by atoms with Crippen molar-refractivity contribution >= 4 is 23.3 Å². The van der Waals surface area contributed by atoms with Crippen molar-refractivity contribution in [3.63, 3.8) is 0 Å². The van der Waals surface area contributed by atoms with E-state index >= 15 is 0 Å². The first-order valence-corrected chi connectivity index (χ1v) is 5.98. The smallest absolute Gasteiger partial charge is 0.0653 e. The highest BCUT2D eigenvalue weighted by molar-refractivity contribution is 5.85. The third-order valence-corrected chi connectivity index (χ3v) is 3.46. The molecule has 1 aromatic heterocycles. The van der Waals surface area contributed by atoms with Gasteiger partial charge in [0, 0.05) is 18.0 Å². The number of nitrogens with zero attached hydrogens (tertiary/aromatic N) is 1. The minimum absolute atomic E-state index is 0. The summed E-state index contributed by atoms with van der Waals surface area (Å²) in [6.45, 7) is 3.24. The van der Waals surface area contributed by atoms with Crippen LogP contribution in [0.4, 0.5) is 0 Å². The Hall–Kier alpha value is -1.06. The van der Waals surface area contributed by atoms with Gasteiger partial charge < -0.3 is 5.32 Å². The van der Waals surface area contributed by atoms with Gasteiger partial charge in [-0.2, -0.15) is 5.10 Å². The van der Waals surface area contributed by atoms with Crippen molar-refractivity contribution in [2.45, 2.75) is 32.4 Å². The topological polar surface area (TPSA) is 40.7 Å². The van der Waals surface area contributed by atoms with Crippen LogP contribution in [0.2, 0.25) is 0 Å². The number of aromatic amines is 1. The van der Waals surface area contributed by atoms with E-state index in [2.05, 4.69) is 40.6 Å². The lowest BCUT2D eigenvalue weighted by molar-refractivity contribution is 0.496. The Kier molecular flexibility index (Phi) is 3.69. The van der Waals surface area contributed by atoms with Crippen LogP contribution in [0, 0.1) is 5.92 Å². The molecule has 3 nitrogen and oxygen atoms in total. The molecule has 1 unspecified atom stereocenters. The molecule has 0 aliphatic heterocycles. The number of halogens is 1. The quantitative estimate of drug-likeness (QED) is 0.877. The summed E-state index contributed by atoms with van der Waals surface area (Å²) in [6.07, 6.45) is 4.65. The minimum atomic E-state index is 0. The Morgan fingerprint density at radius 2 is 2.29 bits per heavy atom. The summed E-state index contributed by atoms with van der Waals surface area (Å²) >= 11 is 0. The Bertz CT molecular complexity index is 490. The van der Waals surface area contributed by atoms with E-state index in [4.69, 9.17) is 0 Å². The zero-order chi connectivity index (χ0) is 11.0. The van der Waals surface area contributed by atoms with E-state index in [1.807, 2.05) is 6.20 Å². The number of fused-ring (bicyclic) bond motifs is 1. The number of aromatic nitrogens is 2. The predicted molar refractivity (Wildman–Crippen MR) is 72.4 cm³/mol. The lowest BCUT2D eigenvalue weighted by Gasteiger charge is -2.12. The SMILES string of the molecule is CC(NCc1ccc2cn[nH]c2c1)C1CC1.Cl. The first-order valence-electron chi connectivity index (χ1n) is 5.98. The summed E-state index contributed by atoms with van der Waals surface area (Å²) in [7, 11) is 0. The van der Waals surface area contributed by atoms with Crippen molar-refractivity contribution < 1.29 is 0 Å². The summed E-state index contributed by atoms with van der Waals surface area (Å²) in [5.74, 6) is 0.913. The molecule has 1 heterocycles. The van der Waals surface area contributed by atoms with Gasteiger partial charge in [0.25, 0.3) is 0 Å². The molecule has 0 saturated heterocycles. The van der Waals surface area contributed by atoms with Crippen molar-refractivity contribution in [2.24, 2.45) is 5.92 Å². The van der Waals surface area contributed by atoms with E-state index in [9.17, 15) is 0 Å². The molecule has 1 saturated carbocycles.